The molecule has 0 heterocycles. The van der Waals surface area contributed by atoms with Gasteiger partial charge in [-0.2, -0.15) is 0 Å². The Hall–Kier alpha value is -3.42. The van der Waals surface area contributed by atoms with Crippen LogP contribution in [0.5, 0.6) is 0 Å². The maximum Gasteiger partial charge on any atom is 0.408 e. The number of nitrogens with two attached hydrogens (primary N) is 1. The zero-order valence-electron chi connectivity index (χ0n) is 16.9. The molecule has 0 spiro atoms. The Morgan fingerprint density at radius 2 is 1.60 bits per heavy atom. The molecule has 0 radical (unpaired) electrons. The molecule has 4 N–H and O–H groups in total. The standard InChI is InChI=1S/C22H26FN3O4/c1-14(2)19(26-22(29)30-13-16-6-4-3-5-7-16)21(28)25-18(20(24)27)12-15-8-10-17(23)11-9-15/h3-11,14,18-19H,12-13H2,1-2H3,(H2,24,27)(H,25,28)(H,26,29)/t18-,19-/m0/s1. The first-order valence-corrected chi connectivity index (χ1v) is 9.57. The lowest BCUT2D eigenvalue weighted by Gasteiger charge is -2.24. The van der Waals surface area contributed by atoms with E-state index in [4.69, 9.17) is 10.5 Å². The first kappa shape index (κ1) is 22.9. The number of primary amides is 1. The molecule has 2 atom stereocenters. The Morgan fingerprint density at radius 3 is 2.17 bits per heavy atom. The van der Waals surface area contributed by atoms with E-state index >= 15 is 0 Å². The van der Waals surface area contributed by atoms with Crippen LogP contribution < -0.4 is 16.4 Å². The third-order valence-electron chi connectivity index (χ3n) is 4.45. The van der Waals surface area contributed by atoms with Gasteiger partial charge in [0, 0.05) is 6.42 Å². The normalized spacial score (nSPS) is 12.7. The minimum atomic E-state index is -1.01. The molecule has 2 aromatic carbocycles. The highest BCUT2D eigenvalue weighted by Crippen LogP contribution is 2.08. The summed E-state index contributed by atoms with van der Waals surface area (Å²) in [6.45, 7) is 3.57. The van der Waals surface area contributed by atoms with Gasteiger partial charge in [0.05, 0.1) is 0 Å². The van der Waals surface area contributed by atoms with E-state index < -0.39 is 35.8 Å². The molecule has 0 saturated heterocycles. The number of benzene rings is 2. The lowest BCUT2D eigenvalue weighted by Crippen LogP contribution is -2.55. The predicted molar refractivity (Wildman–Crippen MR) is 110 cm³/mol. The topological polar surface area (TPSA) is 111 Å². The molecule has 0 aromatic heterocycles. The summed E-state index contributed by atoms with van der Waals surface area (Å²) in [6.07, 6.45) is -0.646. The molecule has 2 rings (SSSR count). The zero-order valence-corrected chi connectivity index (χ0v) is 16.9. The number of alkyl carbamates (subject to hydrolysis) is 1. The van der Waals surface area contributed by atoms with Gasteiger partial charge in [-0.3, -0.25) is 9.59 Å². The monoisotopic (exact) mass is 415 g/mol. The van der Waals surface area contributed by atoms with Crippen molar-refractivity contribution < 1.29 is 23.5 Å². The van der Waals surface area contributed by atoms with E-state index in [0.29, 0.717) is 5.56 Å². The number of amides is 3. The number of nitrogens with one attached hydrogen (secondary N) is 2. The van der Waals surface area contributed by atoms with Crippen LogP contribution in [0.25, 0.3) is 0 Å². The first-order valence-electron chi connectivity index (χ1n) is 9.57. The summed E-state index contributed by atoms with van der Waals surface area (Å²) in [4.78, 5) is 36.6. The molecule has 0 fully saturated rings. The number of carbonyl (C=O) groups is 3. The zero-order chi connectivity index (χ0) is 22.1. The van der Waals surface area contributed by atoms with Crippen LogP contribution in [0, 0.1) is 11.7 Å². The van der Waals surface area contributed by atoms with Gasteiger partial charge in [-0.15, -0.1) is 0 Å². The average molecular weight is 415 g/mol. The Morgan fingerprint density at radius 1 is 0.967 bits per heavy atom. The molecule has 3 amide bonds. The molecule has 30 heavy (non-hydrogen) atoms. The molecule has 0 bridgehead atoms. The van der Waals surface area contributed by atoms with Crippen LogP contribution in [0.4, 0.5) is 9.18 Å². The molecular formula is C22H26FN3O4. The van der Waals surface area contributed by atoms with E-state index in [-0.39, 0.29) is 18.9 Å². The second-order valence-electron chi connectivity index (χ2n) is 7.22. The quantitative estimate of drug-likeness (QED) is 0.584. The van der Waals surface area contributed by atoms with Crippen LogP contribution in [0.1, 0.15) is 25.0 Å². The number of ether oxygens (including phenoxy) is 1. The summed E-state index contributed by atoms with van der Waals surface area (Å²) in [7, 11) is 0. The van der Waals surface area contributed by atoms with E-state index in [1.165, 1.54) is 24.3 Å². The summed E-state index contributed by atoms with van der Waals surface area (Å²) in [5.74, 6) is -1.97. The molecule has 0 unspecified atom stereocenters. The van der Waals surface area contributed by atoms with E-state index in [1.54, 1.807) is 13.8 Å². The Kier molecular flexibility index (Phi) is 8.34. The van der Waals surface area contributed by atoms with Gasteiger partial charge < -0.3 is 21.1 Å². The number of hydrogen-bond donors (Lipinski definition) is 3. The lowest BCUT2D eigenvalue weighted by atomic mass is 10.0. The smallest absolute Gasteiger partial charge is 0.408 e. The third-order valence-corrected chi connectivity index (χ3v) is 4.45. The Balaban J connectivity index is 1.97. The van der Waals surface area contributed by atoms with Crippen molar-refractivity contribution in [3.05, 3.63) is 71.5 Å². The fraction of sp³-hybridized carbons (Fsp3) is 0.318. The molecule has 0 aliphatic rings. The van der Waals surface area contributed by atoms with Crippen LogP contribution in [-0.4, -0.2) is 30.0 Å². The second kappa shape index (κ2) is 10.9. The molecular weight excluding hydrogens is 389 g/mol. The summed E-state index contributed by atoms with van der Waals surface area (Å²) in [5.41, 5.74) is 6.86. The minimum Gasteiger partial charge on any atom is -0.445 e. The van der Waals surface area contributed by atoms with Gasteiger partial charge in [-0.1, -0.05) is 56.3 Å². The fourth-order valence-electron chi connectivity index (χ4n) is 2.77. The van der Waals surface area contributed by atoms with Crippen LogP contribution in [0.15, 0.2) is 54.6 Å². The average Bonchev–Trinajstić information content (AvgIpc) is 2.71. The first-order chi connectivity index (χ1) is 14.3. The van der Waals surface area contributed by atoms with E-state index in [0.717, 1.165) is 5.56 Å². The minimum absolute atomic E-state index is 0.0631. The summed E-state index contributed by atoms with van der Waals surface area (Å²) >= 11 is 0. The largest absolute Gasteiger partial charge is 0.445 e. The molecule has 0 saturated carbocycles. The SMILES string of the molecule is CC(C)[C@H](NC(=O)OCc1ccccc1)C(=O)N[C@@H](Cc1ccc(F)cc1)C(N)=O. The summed E-state index contributed by atoms with van der Waals surface area (Å²) in [6, 6.07) is 12.7. The maximum absolute atomic E-state index is 13.1. The molecule has 160 valence electrons. The van der Waals surface area contributed by atoms with Crippen molar-refractivity contribution in [2.45, 2.75) is 39.0 Å². The van der Waals surface area contributed by atoms with Crippen molar-refractivity contribution >= 4 is 17.9 Å². The highest BCUT2D eigenvalue weighted by atomic mass is 19.1. The van der Waals surface area contributed by atoms with Crippen LogP contribution in [0.2, 0.25) is 0 Å². The van der Waals surface area contributed by atoms with Gasteiger partial charge in [-0.25, -0.2) is 9.18 Å². The summed E-state index contributed by atoms with van der Waals surface area (Å²) < 4.78 is 18.2. The predicted octanol–water partition coefficient (Wildman–Crippen LogP) is 2.29. The van der Waals surface area contributed by atoms with Gasteiger partial charge in [0.2, 0.25) is 11.8 Å². The van der Waals surface area contributed by atoms with Crippen LogP contribution in [0.3, 0.4) is 0 Å². The highest BCUT2D eigenvalue weighted by Gasteiger charge is 2.28. The molecule has 0 aliphatic heterocycles. The van der Waals surface area contributed by atoms with Crippen molar-refractivity contribution in [1.29, 1.82) is 0 Å². The van der Waals surface area contributed by atoms with Crippen LogP contribution >= 0.6 is 0 Å². The number of carbonyl (C=O) groups excluding carboxylic acids is 3. The molecule has 7 nitrogen and oxygen atoms in total. The van der Waals surface area contributed by atoms with Crippen molar-refractivity contribution in [3.63, 3.8) is 0 Å². The van der Waals surface area contributed by atoms with Gasteiger partial charge in [-0.05, 0) is 29.2 Å². The number of rotatable bonds is 9. The number of halogens is 1. The molecule has 8 heteroatoms. The number of hydrogen-bond acceptors (Lipinski definition) is 4. The molecule has 2 aromatic rings. The van der Waals surface area contributed by atoms with Crippen molar-refractivity contribution in [2.24, 2.45) is 11.7 Å². The van der Waals surface area contributed by atoms with Crippen LogP contribution in [-0.2, 0) is 27.4 Å². The van der Waals surface area contributed by atoms with Gasteiger partial charge in [0.25, 0.3) is 0 Å². The van der Waals surface area contributed by atoms with Gasteiger partial charge >= 0.3 is 6.09 Å². The highest BCUT2D eigenvalue weighted by molar-refractivity contribution is 5.91. The van der Waals surface area contributed by atoms with Gasteiger partial charge in [0.1, 0.15) is 24.5 Å². The third kappa shape index (κ3) is 7.20. The maximum atomic E-state index is 13.1. The van der Waals surface area contributed by atoms with Gasteiger partial charge in [0.15, 0.2) is 0 Å². The Labute approximate surface area is 174 Å². The molecule has 0 aliphatic carbocycles. The second-order valence-corrected chi connectivity index (χ2v) is 7.22. The fourth-order valence-corrected chi connectivity index (χ4v) is 2.77. The van der Waals surface area contributed by atoms with E-state index in [9.17, 15) is 18.8 Å². The van der Waals surface area contributed by atoms with E-state index in [2.05, 4.69) is 10.6 Å². The summed E-state index contributed by atoms with van der Waals surface area (Å²) in [5, 5.41) is 5.09. The van der Waals surface area contributed by atoms with E-state index in [1.807, 2.05) is 30.3 Å². The van der Waals surface area contributed by atoms with Crippen molar-refractivity contribution in [1.82, 2.24) is 10.6 Å². The lowest BCUT2D eigenvalue weighted by molar-refractivity contribution is -0.129. The van der Waals surface area contributed by atoms with Crippen molar-refractivity contribution in [3.8, 4) is 0 Å². The Bertz CT molecular complexity index is 856. The van der Waals surface area contributed by atoms with Crippen molar-refractivity contribution in [2.75, 3.05) is 0 Å².